The lowest BCUT2D eigenvalue weighted by molar-refractivity contribution is 0.116. The molecular weight excluding hydrogens is 222 g/mol. The van der Waals surface area contributed by atoms with E-state index in [1.807, 2.05) is 0 Å². The fraction of sp³-hybridized carbons (Fsp3) is 0.909. The Balaban J connectivity index is 2.42. The monoisotopic (exact) mass is 245 g/mol. The van der Waals surface area contributed by atoms with Crippen molar-refractivity contribution in [1.82, 2.24) is 4.90 Å². The van der Waals surface area contributed by atoms with E-state index in [-0.39, 0.29) is 17.9 Å². The number of methoxy groups -OCH3 is 1. The number of aliphatic hydroxyl groups is 1. The summed E-state index contributed by atoms with van der Waals surface area (Å²) in [5.41, 5.74) is 5.69. The lowest BCUT2D eigenvalue weighted by Crippen LogP contribution is -2.37. The molecule has 1 rings (SSSR count). The molecular formula is C11H23N3O3. The Kier molecular flexibility index (Phi) is 5.67. The van der Waals surface area contributed by atoms with Crippen LogP contribution in [0.3, 0.4) is 0 Å². The molecule has 0 spiro atoms. The maximum absolute atomic E-state index is 9.01. The van der Waals surface area contributed by atoms with Crippen LogP contribution in [0.15, 0.2) is 5.16 Å². The fourth-order valence-corrected chi connectivity index (χ4v) is 2.09. The molecule has 4 N–H and O–H groups in total. The van der Waals surface area contributed by atoms with Crippen LogP contribution in [0.5, 0.6) is 0 Å². The van der Waals surface area contributed by atoms with E-state index in [9.17, 15) is 0 Å². The third-order valence-corrected chi connectivity index (χ3v) is 3.23. The number of rotatable bonds is 9. The number of hydrogen-bond donors (Lipinski definition) is 3. The molecule has 6 heteroatoms. The second kappa shape index (κ2) is 6.78. The van der Waals surface area contributed by atoms with E-state index in [1.54, 1.807) is 7.11 Å². The molecule has 1 fully saturated rings. The van der Waals surface area contributed by atoms with Gasteiger partial charge < -0.3 is 20.8 Å². The third-order valence-electron chi connectivity index (χ3n) is 3.23. The standard InChI is InChI=1S/C11H23N3O3/c1-17-7-5-14(4-6-15)9-11(2-3-11)8-10(12)13-16/h15-16H,2-9H2,1H3,(H2,12,13). The summed E-state index contributed by atoms with van der Waals surface area (Å²) in [6, 6.07) is 0. The summed E-state index contributed by atoms with van der Waals surface area (Å²) < 4.78 is 5.04. The zero-order valence-electron chi connectivity index (χ0n) is 10.4. The van der Waals surface area contributed by atoms with Gasteiger partial charge in [-0.05, 0) is 18.3 Å². The van der Waals surface area contributed by atoms with E-state index in [0.717, 1.165) is 25.9 Å². The van der Waals surface area contributed by atoms with Crippen LogP contribution >= 0.6 is 0 Å². The number of amidine groups is 1. The third kappa shape index (κ3) is 4.89. The van der Waals surface area contributed by atoms with Gasteiger partial charge >= 0.3 is 0 Å². The van der Waals surface area contributed by atoms with Gasteiger partial charge in [-0.2, -0.15) is 0 Å². The van der Waals surface area contributed by atoms with Gasteiger partial charge in [-0.1, -0.05) is 5.16 Å². The minimum atomic E-state index is 0.138. The van der Waals surface area contributed by atoms with Gasteiger partial charge in [0, 0.05) is 33.2 Å². The largest absolute Gasteiger partial charge is 0.409 e. The van der Waals surface area contributed by atoms with Crippen molar-refractivity contribution in [2.45, 2.75) is 19.3 Å². The highest BCUT2D eigenvalue weighted by Gasteiger charge is 2.44. The van der Waals surface area contributed by atoms with Crippen molar-refractivity contribution in [3.63, 3.8) is 0 Å². The Morgan fingerprint density at radius 3 is 2.65 bits per heavy atom. The second-order valence-electron chi connectivity index (χ2n) is 4.76. The lowest BCUT2D eigenvalue weighted by atomic mass is 10.0. The highest BCUT2D eigenvalue weighted by Crippen LogP contribution is 2.49. The summed E-state index contributed by atoms with van der Waals surface area (Å²) in [6.07, 6.45) is 2.81. The maximum Gasteiger partial charge on any atom is 0.139 e. The van der Waals surface area contributed by atoms with E-state index in [2.05, 4.69) is 10.1 Å². The number of nitrogens with zero attached hydrogens (tertiary/aromatic N) is 2. The van der Waals surface area contributed by atoms with Crippen molar-refractivity contribution < 1.29 is 15.1 Å². The van der Waals surface area contributed by atoms with Crippen molar-refractivity contribution in [1.29, 1.82) is 0 Å². The van der Waals surface area contributed by atoms with Crippen molar-refractivity contribution in [3.8, 4) is 0 Å². The minimum absolute atomic E-state index is 0.138. The molecule has 0 aliphatic heterocycles. The van der Waals surface area contributed by atoms with Crippen LogP contribution < -0.4 is 5.73 Å². The van der Waals surface area contributed by atoms with Crippen molar-refractivity contribution in [2.75, 3.05) is 40.0 Å². The van der Waals surface area contributed by atoms with Crippen LogP contribution in [-0.2, 0) is 4.74 Å². The number of hydrogen-bond acceptors (Lipinski definition) is 5. The van der Waals surface area contributed by atoms with Gasteiger partial charge in [-0.3, -0.25) is 4.90 Å². The van der Waals surface area contributed by atoms with E-state index in [1.165, 1.54) is 0 Å². The van der Waals surface area contributed by atoms with Gasteiger partial charge in [-0.15, -0.1) is 0 Å². The molecule has 0 aromatic heterocycles. The Morgan fingerprint density at radius 1 is 1.47 bits per heavy atom. The van der Waals surface area contributed by atoms with E-state index in [4.69, 9.17) is 20.8 Å². The highest BCUT2D eigenvalue weighted by molar-refractivity contribution is 5.80. The molecule has 17 heavy (non-hydrogen) atoms. The van der Waals surface area contributed by atoms with Crippen molar-refractivity contribution in [2.24, 2.45) is 16.3 Å². The van der Waals surface area contributed by atoms with Gasteiger partial charge in [0.25, 0.3) is 0 Å². The zero-order chi connectivity index (χ0) is 12.7. The molecule has 0 aromatic rings. The molecule has 1 aliphatic carbocycles. The molecule has 0 amide bonds. The number of ether oxygens (including phenoxy) is 1. The summed E-state index contributed by atoms with van der Waals surface area (Å²) >= 11 is 0. The van der Waals surface area contributed by atoms with Crippen LogP contribution in [0.25, 0.3) is 0 Å². The fourth-order valence-electron chi connectivity index (χ4n) is 2.09. The van der Waals surface area contributed by atoms with Crippen LogP contribution in [-0.4, -0.2) is 61.0 Å². The predicted octanol–water partition coefficient (Wildman–Crippen LogP) is -0.156. The SMILES string of the molecule is COCCN(CCO)CC1(CC(N)=NO)CC1. The summed E-state index contributed by atoms with van der Waals surface area (Å²) in [4.78, 5) is 2.17. The quantitative estimate of drug-likeness (QED) is 0.227. The van der Waals surface area contributed by atoms with E-state index >= 15 is 0 Å². The molecule has 100 valence electrons. The first-order chi connectivity index (χ1) is 8.15. The number of aliphatic hydroxyl groups excluding tert-OH is 1. The van der Waals surface area contributed by atoms with Crippen molar-refractivity contribution >= 4 is 5.84 Å². The van der Waals surface area contributed by atoms with Gasteiger partial charge in [0.05, 0.1) is 13.2 Å². The summed E-state index contributed by atoms with van der Waals surface area (Å²) in [5, 5.41) is 20.6. The zero-order valence-corrected chi connectivity index (χ0v) is 10.4. The molecule has 0 heterocycles. The summed E-state index contributed by atoms with van der Waals surface area (Å²) in [6.45, 7) is 3.10. The number of nitrogens with two attached hydrogens (primary N) is 1. The second-order valence-corrected chi connectivity index (χ2v) is 4.76. The number of oxime groups is 1. The average molecular weight is 245 g/mol. The Morgan fingerprint density at radius 2 is 2.18 bits per heavy atom. The molecule has 1 saturated carbocycles. The van der Waals surface area contributed by atoms with E-state index < -0.39 is 0 Å². The first-order valence-corrected chi connectivity index (χ1v) is 5.94. The normalized spacial score (nSPS) is 18.6. The summed E-state index contributed by atoms with van der Waals surface area (Å²) in [5.74, 6) is 0.290. The maximum atomic E-state index is 9.01. The predicted molar refractivity (Wildman–Crippen MR) is 65.1 cm³/mol. The Bertz CT molecular complexity index is 254. The molecule has 0 unspecified atom stereocenters. The molecule has 0 saturated heterocycles. The lowest BCUT2D eigenvalue weighted by Gasteiger charge is -2.26. The van der Waals surface area contributed by atoms with Crippen LogP contribution in [0.4, 0.5) is 0 Å². The van der Waals surface area contributed by atoms with Gasteiger partial charge in [0.15, 0.2) is 0 Å². The topological polar surface area (TPSA) is 91.3 Å². The van der Waals surface area contributed by atoms with Crippen LogP contribution in [0.2, 0.25) is 0 Å². The van der Waals surface area contributed by atoms with Crippen LogP contribution in [0.1, 0.15) is 19.3 Å². The molecule has 0 aromatic carbocycles. The first-order valence-electron chi connectivity index (χ1n) is 5.94. The van der Waals surface area contributed by atoms with Gasteiger partial charge in [-0.25, -0.2) is 0 Å². The molecule has 1 aliphatic rings. The Hall–Kier alpha value is -0.850. The van der Waals surface area contributed by atoms with Gasteiger partial charge in [0.2, 0.25) is 0 Å². The minimum Gasteiger partial charge on any atom is -0.409 e. The van der Waals surface area contributed by atoms with Gasteiger partial charge in [0.1, 0.15) is 5.84 Å². The summed E-state index contributed by atoms with van der Waals surface area (Å²) in [7, 11) is 1.67. The average Bonchev–Trinajstić information content (AvgIpc) is 3.06. The molecule has 0 atom stereocenters. The molecule has 0 radical (unpaired) electrons. The first kappa shape index (κ1) is 14.2. The van der Waals surface area contributed by atoms with E-state index in [0.29, 0.717) is 19.6 Å². The molecule has 6 nitrogen and oxygen atoms in total. The smallest absolute Gasteiger partial charge is 0.139 e. The Labute approximate surface area is 102 Å². The molecule has 0 bridgehead atoms. The highest BCUT2D eigenvalue weighted by atomic mass is 16.5. The van der Waals surface area contributed by atoms with Crippen molar-refractivity contribution in [3.05, 3.63) is 0 Å². The van der Waals surface area contributed by atoms with Crippen LogP contribution in [0, 0.1) is 5.41 Å².